The van der Waals surface area contributed by atoms with Crippen LogP contribution in [0.4, 0.5) is 0 Å². The van der Waals surface area contributed by atoms with Crippen molar-refractivity contribution in [1.82, 2.24) is 4.57 Å². The Bertz CT molecular complexity index is 350. The zero-order valence-corrected chi connectivity index (χ0v) is 15.4. The van der Waals surface area contributed by atoms with E-state index in [0.29, 0.717) is 9.76 Å². The van der Waals surface area contributed by atoms with Crippen LogP contribution in [0.25, 0.3) is 0 Å². The quantitative estimate of drug-likeness (QED) is 0.480. The molecule has 0 aliphatic rings. The van der Waals surface area contributed by atoms with Crippen LogP contribution in [-0.2, 0) is 17.3 Å². The lowest BCUT2D eigenvalue weighted by molar-refractivity contribution is -0.671. The average Bonchev–Trinajstić information content (AvgIpc) is 2.49. The molecule has 0 spiro atoms. The first-order valence-corrected chi connectivity index (χ1v) is 14.2. The van der Waals surface area contributed by atoms with E-state index in [1.54, 1.807) is 0 Å². The first kappa shape index (κ1) is 17.1. The molecule has 1 aromatic rings. The fraction of sp³-hybridized carbons (Fsp3) is 0.700. The van der Waals surface area contributed by atoms with E-state index in [0.717, 1.165) is 6.17 Å². The number of hydrogen-bond acceptors (Lipinski definition) is 1. The van der Waals surface area contributed by atoms with Gasteiger partial charge in [0, 0.05) is 0 Å². The third-order valence-corrected chi connectivity index (χ3v) is 21.7. The number of hydrogen-bond donors (Lipinski definition) is 0. The Hall–Kier alpha value is 0.111. The molecule has 0 bridgehead atoms. The van der Waals surface area contributed by atoms with Crippen molar-refractivity contribution in [1.29, 1.82) is 0 Å². The Morgan fingerprint density at radius 1 is 1.24 bits per heavy atom. The van der Waals surface area contributed by atoms with Gasteiger partial charge in [0.05, 0.1) is 14.6 Å². The maximum atomic E-state index is 6.21. The number of nitrogens with zero attached hydrogens (tertiary/aromatic N) is 2. The highest BCUT2D eigenvalue weighted by molar-refractivity contribution is 7.38. The van der Waals surface area contributed by atoms with Crippen LogP contribution < -0.4 is 17.0 Å². The molecule has 98 valence electrons. The molecule has 0 unspecified atom stereocenters. The molecule has 1 heterocycles. The van der Waals surface area contributed by atoms with Gasteiger partial charge in [-0.25, -0.2) is 9.13 Å². The van der Waals surface area contributed by atoms with Crippen molar-refractivity contribution in [3.63, 3.8) is 0 Å². The van der Waals surface area contributed by atoms with Crippen molar-refractivity contribution in [3.8, 4) is 0 Å². The summed E-state index contributed by atoms with van der Waals surface area (Å²) in [5.74, 6) is 0. The normalized spacial score (nSPS) is 12.4. The Morgan fingerprint density at radius 3 is 2.24 bits per heavy atom. The van der Waals surface area contributed by atoms with Gasteiger partial charge in [-0.05, 0) is 13.1 Å². The standard InChI is InChI=1S/C10H23N2OSi3.ClH/c1-11-7-8-12(9-11)10-14-13-16(5,6)15(2,3)4;/h7-9H,10H2,1-6H3;1H/q+1;/p-1. The summed E-state index contributed by atoms with van der Waals surface area (Å²) in [6, 6.07) is 0. The molecule has 0 atom stereocenters. The van der Waals surface area contributed by atoms with Gasteiger partial charge in [0.2, 0.25) is 6.33 Å². The average molecular weight is 307 g/mol. The van der Waals surface area contributed by atoms with Crippen molar-refractivity contribution in [2.45, 2.75) is 38.9 Å². The van der Waals surface area contributed by atoms with Gasteiger partial charge in [0.15, 0.2) is 7.83 Å². The Kier molecular flexibility index (Phi) is 6.37. The van der Waals surface area contributed by atoms with Crippen molar-refractivity contribution in [3.05, 3.63) is 18.7 Å². The molecule has 2 radical (unpaired) electrons. The lowest BCUT2D eigenvalue weighted by Gasteiger charge is -2.34. The second kappa shape index (κ2) is 6.33. The fourth-order valence-electron chi connectivity index (χ4n) is 1.04. The fourth-order valence-corrected chi connectivity index (χ4v) is 7.70. The largest absolute Gasteiger partial charge is 1.00 e. The van der Waals surface area contributed by atoms with Crippen LogP contribution in [0, 0.1) is 0 Å². The van der Waals surface area contributed by atoms with E-state index >= 15 is 0 Å². The van der Waals surface area contributed by atoms with Crippen LogP contribution in [0.15, 0.2) is 18.7 Å². The van der Waals surface area contributed by atoms with E-state index in [1.165, 1.54) is 0 Å². The van der Waals surface area contributed by atoms with Gasteiger partial charge in [-0.15, -0.1) is 0 Å². The van der Waals surface area contributed by atoms with Crippen LogP contribution in [-0.4, -0.2) is 29.8 Å². The highest BCUT2D eigenvalue weighted by atomic mass is 35.5. The minimum atomic E-state index is -1.42. The zero-order chi connectivity index (χ0) is 12.4. The number of rotatable bonds is 5. The molecule has 0 aromatic carbocycles. The number of aryl methyl sites for hydroxylation is 1. The maximum Gasteiger partial charge on any atom is 0.266 e. The lowest BCUT2D eigenvalue weighted by atomic mass is 10.9. The topological polar surface area (TPSA) is 18.0 Å². The van der Waals surface area contributed by atoms with Crippen LogP contribution in [0.3, 0.4) is 0 Å². The minimum absolute atomic E-state index is 0. The van der Waals surface area contributed by atoms with Crippen LogP contribution in [0.1, 0.15) is 0 Å². The molecule has 3 nitrogen and oxygen atoms in total. The lowest BCUT2D eigenvalue weighted by Crippen LogP contribution is -3.00. The van der Waals surface area contributed by atoms with E-state index < -0.39 is 15.4 Å². The van der Waals surface area contributed by atoms with Gasteiger partial charge < -0.3 is 16.5 Å². The predicted molar refractivity (Wildman–Crippen MR) is 73.3 cm³/mol. The Labute approximate surface area is 115 Å². The van der Waals surface area contributed by atoms with Gasteiger partial charge >= 0.3 is 0 Å². The molecule has 0 fully saturated rings. The number of imidazole rings is 1. The summed E-state index contributed by atoms with van der Waals surface area (Å²) in [6.45, 7) is 12.0. The molecule has 0 amide bonds. The van der Waals surface area contributed by atoms with Gasteiger partial charge in [-0.1, -0.05) is 19.6 Å². The highest BCUT2D eigenvalue weighted by Crippen LogP contribution is 2.19. The van der Waals surface area contributed by atoms with E-state index in [4.69, 9.17) is 4.12 Å². The summed E-state index contributed by atoms with van der Waals surface area (Å²) in [6.07, 6.45) is 7.24. The molecule has 0 saturated carbocycles. The van der Waals surface area contributed by atoms with E-state index in [9.17, 15) is 0 Å². The molecular formula is C10H23ClN2OSi3. The summed E-state index contributed by atoms with van der Waals surface area (Å²) >= 11 is 0. The zero-order valence-electron chi connectivity index (χ0n) is 11.6. The molecular weight excluding hydrogens is 284 g/mol. The Balaban J connectivity index is 0.00000256. The third kappa shape index (κ3) is 5.09. The van der Waals surface area contributed by atoms with E-state index in [2.05, 4.69) is 60.6 Å². The number of aromatic nitrogens is 2. The second-order valence-electron chi connectivity index (χ2n) is 5.76. The second-order valence-corrected chi connectivity index (χ2v) is 22.8. The van der Waals surface area contributed by atoms with E-state index in [1.807, 2.05) is 7.05 Å². The molecule has 0 N–H and O–H groups in total. The van der Waals surface area contributed by atoms with Crippen LogP contribution in [0.5, 0.6) is 0 Å². The van der Waals surface area contributed by atoms with Crippen molar-refractivity contribution in [2.24, 2.45) is 7.05 Å². The summed E-state index contributed by atoms with van der Waals surface area (Å²) in [5, 5.41) is 0. The van der Waals surface area contributed by atoms with Crippen LogP contribution in [0.2, 0.25) is 32.7 Å². The first-order chi connectivity index (χ1) is 7.22. The molecule has 0 aliphatic carbocycles. The molecule has 0 saturated heterocycles. The van der Waals surface area contributed by atoms with Crippen molar-refractivity contribution in [2.75, 3.05) is 0 Å². The smallest absolute Gasteiger partial charge is 0.266 e. The molecule has 0 aliphatic heterocycles. The number of halogens is 1. The van der Waals surface area contributed by atoms with Gasteiger partial charge in [-0.3, -0.25) is 0 Å². The molecule has 7 heteroatoms. The predicted octanol–water partition coefficient (Wildman–Crippen LogP) is -1.47. The third-order valence-electron chi connectivity index (χ3n) is 3.20. The monoisotopic (exact) mass is 306 g/mol. The van der Waals surface area contributed by atoms with Gasteiger partial charge in [-0.2, -0.15) is 0 Å². The summed E-state index contributed by atoms with van der Waals surface area (Å²) in [5.41, 5.74) is 0. The van der Waals surface area contributed by atoms with Crippen LogP contribution >= 0.6 is 0 Å². The summed E-state index contributed by atoms with van der Waals surface area (Å²) in [7, 11) is 0.107. The summed E-state index contributed by atoms with van der Waals surface area (Å²) in [4.78, 5) is 0. The first-order valence-electron chi connectivity index (χ1n) is 5.64. The Morgan fingerprint density at radius 2 is 1.82 bits per heavy atom. The van der Waals surface area contributed by atoms with Gasteiger partial charge in [0.25, 0.3) is 9.76 Å². The highest BCUT2D eigenvalue weighted by Gasteiger charge is 2.38. The van der Waals surface area contributed by atoms with Crippen molar-refractivity contribution < 1.29 is 21.1 Å². The molecule has 1 rings (SSSR count). The van der Waals surface area contributed by atoms with E-state index in [-0.39, 0.29) is 12.4 Å². The summed E-state index contributed by atoms with van der Waals surface area (Å²) < 4.78 is 10.5. The maximum absolute atomic E-state index is 6.21. The molecule has 1 aromatic heterocycles. The SMILES string of the molecule is C[n+]1ccn(C[Si]O[Si](C)(C)[Si](C)(C)C)c1.[Cl-]. The van der Waals surface area contributed by atoms with Crippen molar-refractivity contribution >= 4 is 25.2 Å². The molecule has 17 heavy (non-hydrogen) atoms. The van der Waals surface area contributed by atoms with Gasteiger partial charge in [0.1, 0.15) is 18.6 Å². The minimum Gasteiger partial charge on any atom is -1.00 e.